The van der Waals surface area contributed by atoms with E-state index in [1.54, 1.807) is 0 Å². The molecular weight excluding hydrogens is 317 g/mol. The zero-order chi connectivity index (χ0) is 11.9. The van der Waals surface area contributed by atoms with E-state index in [4.69, 9.17) is 4.74 Å². The van der Waals surface area contributed by atoms with Crippen molar-refractivity contribution in [2.75, 3.05) is 13.1 Å². The van der Waals surface area contributed by atoms with E-state index in [1.807, 2.05) is 25.7 Å². The first-order valence-corrected chi connectivity index (χ1v) is 7.23. The summed E-state index contributed by atoms with van der Waals surface area (Å²) >= 11 is 2.55. The lowest BCUT2D eigenvalue weighted by Gasteiger charge is -2.36. The highest BCUT2D eigenvalue weighted by molar-refractivity contribution is 14.1. The third-order valence-electron chi connectivity index (χ3n) is 3.37. The Balaban J connectivity index is 1.95. The topological polar surface area (TPSA) is 29.5 Å². The smallest absolute Gasteiger partial charge is 0.410 e. The van der Waals surface area contributed by atoms with Crippen molar-refractivity contribution in [3.63, 3.8) is 0 Å². The number of alkyl halides is 1. The molecule has 2 unspecified atom stereocenters. The molecule has 3 nitrogen and oxygen atoms in total. The summed E-state index contributed by atoms with van der Waals surface area (Å²) in [6.07, 6.45) is 2.42. The van der Waals surface area contributed by atoms with Gasteiger partial charge in [-0.05, 0) is 45.4 Å². The van der Waals surface area contributed by atoms with E-state index in [0.29, 0.717) is 11.8 Å². The lowest BCUT2D eigenvalue weighted by atomic mass is 9.99. The Kier molecular flexibility index (Phi) is 3.39. The van der Waals surface area contributed by atoms with E-state index < -0.39 is 0 Å². The van der Waals surface area contributed by atoms with Gasteiger partial charge in [0.05, 0.1) is 0 Å². The molecule has 2 bridgehead atoms. The normalized spacial score (nSPS) is 34.0. The number of nitrogens with zero attached hydrogens (tertiary/aromatic N) is 1. The van der Waals surface area contributed by atoms with Crippen LogP contribution in [0.3, 0.4) is 0 Å². The molecule has 16 heavy (non-hydrogen) atoms. The molecule has 2 atom stereocenters. The van der Waals surface area contributed by atoms with Gasteiger partial charge in [0.2, 0.25) is 0 Å². The van der Waals surface area contributed by atoms with Crippen LogP contribution >= 0.6 is 22.6 Å². The highest BCUT2D eigenvalue weighted by atomic mass is 127. The molecule has 0 aromatic carbocycles. The number of fused-ring (bicyclic) bond motifs is 2. The number of carbonyl (C=O) groups is 1. The van der Waals surface area contributed by atoms with E-state index >= 15 is 0 Å². The van der Waals surface area contributed by atoms with Crippen molar-refractivity contribution in [2.24, 2.45) is 11.8 Å². The molecule has 2 fully saturated rings. The van der Waals surface area contributed by atoms with Gasteiger partial charge in [-0.1, -0.05) is 22.6 Å². The third-order valence-corrected chi connectivity index (χ3v) is 5.40. The van der Waals surface area contributed by atoms with Gasteiger partial charge < -0.3 is 9.64 Å². The molecule has 1 aliphatic heterocycles. The number of carbonyl (C=O) groups excluding carboxylic acids is 1. The molecule has 92 valence electrons. The summed E-state index contributed by atoms with van der Waals surface area (Å²) in [4.78, 5) is 13.8. The Labute approximate surface area is 111 Å². The predicted octanol–water partition coefficient (Wildman–Crippen LogP) is 3.07. The zero-order valence-corrected chi connectivity index (χ0v) is 12.4. The van der Waals surface area contributed by atoms with Crippen molar-refractivity contribution >= 4 is 28.7 Å². The second-order valence-corrected chi connectivity index (χ2v) is 7.37. The molecule has 0 radical (unpaired) electrons. The second-order valence-electron chi connectivity index (χ2n) is 5.93. The minimum absolute atomic E-state index is 0.132. The molecule has 4 heteroatoms. The van der Waals surface area contributed by atoms with Crippen molar-refractivity contribution in [1.82, 2.24) is 4.90 Å². The van der Waals surface area contributed by atoms with E-state index in [-0.39, 0.29) is 11.7 Å². The predicted molar refractivity (Wildman–Crippen MR) is 71.8 cm³/mol. The van der Waals surface area contributed by atoms with Crippen LogP contribution in [0.15, 0.2) is 0 Å². The van der Waals surface area contributed by atoms with Gasteiger partial charge >= 0.3 is 6.09 Å². The van der Waals surface area contributed by atoms with Crippen LogP contribution < -0.4 is 0 Å². The summed E-state index contributed by atoms with van der Waals surface area (Å²) in [6, 6.07) is 0. The Morgan fingerprint density at radius 1 is 1.25 bits per heavy atom. The van der Waals surface area contributed by atoms with E-state index in [0.717, 1.165) is 17.0 Å². The fraction of sp³-hybridized carbons (Fsp3) is 0.917. The van der Waals surface area contributed by atoms with Crippen molar-refractivity contribution in [1.29, 1.82) is 0 Å². The molecule has 2 aliphatic rings. The summed E-state index contributed by atoms with van der Waals surface area (Å²) in [7, 11) is 0. The van der Waals surface area contributed by atoms with Crippen molar-refractivity contribution in [2.45, 2.75) is 43.1 Å². The summed E-state index contributed by atoms with van der Waals surface area (Å²) in [5.74, 6) is 1.37. The molecule has 0 aromatic heterocycles. The largest absolute Gasteiger partial charge is 0.444 e. The Morgan fingerprint density at radius 3 is 2.19 bits per heavy atom. The van der Waals surface area contributed by atoms with Crippen molar-refractivity contribution in [3.05, 3.63) is 0 Å². The number of hydrogen-bond donors (Lipinski definition) is 0. The van der Waals surface area contributed by atoms with Crippen LogP contribution in [0.1, 0.15) is 33.6 Å². The number of ether oxygens (including phenoxy) is 1. The number of hydrogen-bond acceptors (Lipinski definition) is 2. The quantitative estimate of drug-likeness (QED) is 0.502. The summed E-state index contributed by atoms with van der Waals surface area (Å²) < 4.78 is 6.18. The van der Waals surface area contributed by atoms with Gasteiger partial charge in [-0.25, -0.2) is 4.79 Å². The van der Waals surface area contributed by atoms with Crippen LogP contribution in [0.4, 0.5) is 4.79 Å². The highest BCUT2D eigenvalue weighted by Gasteiger charge is 2.42. The van der Waals surface area contributed by atoms with E-state index in [2.05, 4.69) is 22.6 Å². The van der Waals surface area contributed by atoms with Crippen LogP contribution in [0.25, 0.3) is 0 Å². The average Bonchev–Trinajstić information content (AvgIpc) is 2.38. The lowest BCUT2D eigenvalue weighted by molar-refractivity contribution is 0.0165. The van der Waals surface area contributed by atoms with Crippen LogP contribution in [-0.2, 0) is 4.74 Å². The number of piperidine rings is 1. The second kappa shape index (κ2) is 4.35. The monoisotopic (exact) mass is 337 g/mol. The summed E-state index contributed by atoms with van der Waals surface area (Å²) in [5.41, 5.74) is -0.378. The van der Waals surface area contributed by atoms with Gasteiger partial charge in [0.1, 0.15) is 5.60 Å². The fourth-order valence-corrected chi connectivity index (χ4v) is 3.81. The first-order chi connectivity index (χ1) is 7.37. The van der Waals surface area contributed by atoms with Gasteiger partial charge in [0.15, 0.2) is 0 Å². The van der Waals surface area contributed by atoms with Gasteiger partial charge in [0, 0.05) is 17.0 Å². The number of rotatable bonds is 0. The SMILES string of the molecule is CC(C)(C)OC(=O)N1CC2CCC(C1)C2I. The first kappa shape index (κ1) is 12.5. The summed E-state index contributed by atoms with van der Waals surface area (Å²) in [5, 5.41) is 0. The third kappa shape index (κ3) is 2.63. The number of likely N-dealkylation sites (tertiary alicyclic amines) is 1. The Bertz CT molecular complexity index is 273. The minimum atomic E-state index is -0.378. The van der Waals surface area contributed by atoms with Crippen LogP contribution in [0.2, 0.25) is 0 Å². The standard InChI is InChI=1S/C12H20INO2/c1-12(2,3)16-11(15)14-6-8-4-5-9(7-14)10(8)13/h8-10H,4-7H2,1-3H3. The first-order valence-electron chi connectivity index (χ1n) is 5.99. The highest BCUT2D eigenvalue weighted by Crippen LogP contribution is 2.41. The van der Waals surface area contributed by atoms with Gasteiger partial charge in [0.25, 0.3) is 0 Å². The maximum Gasteiger partial charge on any atom is 0.410 e. The van der Waals surface area contributed by atoms with Crippen LogP contribution in [0.5, 0.6) is 0 Å². The molecule has 1 aliphatic carbocycles. The average molecular weight is 337 g/mol. The number of amides is 1. The van der Waals surface area contributed by atoms with Crippen molar-refractivity contribution in [3.8, 4) is 0 Å². The van der Waals surface area contributed by atoms with Crippen LogP contribution in [0, 0.1) is 11.8 Å². The van der Waals surface area contributed by atoms with E-state index in [9.17, 15) is 4.79 Å². The molecule has 1 saturated heterocycles. The van der Waals surface area contributed by atoms with Gasteiger partial charge in [-0.2, -0.15) is 0 Å². The molecular formula is C12H20INO2. The Hall–Kier alpha value is 0. The Morgan fingerprint density at radius 2 is 1.75 bits per heavy atom. The minimum Gasteiger partial charge on any atom is -0.444 e. The molecule has 0 spiro atoms. The molecule has 0 N–H and O–H groups in total. The molecule has 1 amide bonds. The maximum absolute atomic E-state index is 11.9. The zero-order valence-electron chi connectivity index (χ0n) is 10.2. The maximum atomic E-state index is 11.9. The van der Waals surface area contributed by atoms with E-state index in [1.165, 1.54) is 12.8 Å². The molecule has 1 heterocycles. The fourth-order valence-electron chi connectivity index (χ4n) is 2.63. The molecule has 1 saturated carbocycles. The molecule has 2 rings (SSSR count). The lowest BCUT2D eigenvalue weighted by Crippen LogP contribution is -2.47. The molecule has 0 aromatic rings. The van der Waals surface area contributed by atoms with Gasteiger partial charge in [-0.3, -0.25) is 0 Å². The van der Waals surface area contributed by atoms with Crippen LogP contribution in [-0.4, -0.2) is 33.6 Å². The number of halogens is 1. The van der Waals surface area contributed by atoms with Crippen molar-refractivity contribution < 1.29 is 9.53 Å². The van der Waals surface area contributed by atoms with Gasteiger partial charge in [-0.15, -0.1) is 0 Å². The summed E-state index contributed by atoms with van der Waals surface area (Å²) in [6.45, 7) is 7.54.